The molecule has 118 valence electrons. The van der Waals surface area contributed by atoms with Crippen molar-refractivity contribution < 1.29 is 29.5 Å². The summed E-state index contributed by atoms with van der Waals surface area (Å²) in [5, 5.41) is 29.3. The number of imidazole rings is 1. The van der Waals surface area contributed by atoms with Crippen molar-refractivity contribution in [3.63, 3.8) is 0 Å². The van der Waals surface area contributed by atoms with Gasteiger partial charge >= 0.3 is 13.5 Å². The minimum atomic E-state index is -3.19. The summed E-state index contributed by atoms with van der Waals surface area (Å²) in [5.74, 6) is 0.0406. The van der Waals surface area contributed by atoms with E-state index in [2.05, 4.69) is 15.0 Å². The first-order valence-electron chi connectivity index (χ1n) is 6.18. The number of aromatic nitrogens is 4. The van der Waals surface area contributed by atoms with E-state index in [0.29, 0.717) is 0 Å². The van der Waals surface area contributed by atoms with E-state index in [-0.39, 0.29) is 17.0 Å². The van der Waals surface area contributed by atoms with Crippen LogP contribution in [0.15, 0.2) is 12.7 Å². The molecule has 1 saturated heterocycles. The van der Waals surface area contributed by atoms with E-state index in [1.807, 2.05) is 0 Å². The summed E-state index contributed by atoms with van der Waals surface area (Å²) in [6.07, 6.45) is -2.36. The monoisotopic (exact) mass is 330 g/mol. The molecule has 5 atom stereocenters. The van der Waals surface area contributed by atoms with Crippen molar-refractivity contribution in [2.75, 3.05) is 12.3 Å². The van der Waals surface area contributed by atoms with Crippen molar-refractivity contribution in [2.24, 2.45) is 0 Å². The first kappa shape index (κ1) is 15.2. The molecule has 12 heteroatoms. The number of hydrogen-bond donors (Lipinski definition) is 5. The summed E-state index contributed by atoms with van der Waals surface area (Å²) < 4.78 is 18.2. The number of rotatable bonds is 3. The van der Waals surface area contributed by atoms with Gasteiger partial charge in [-0.3, -0.25) is 0 Å². The molecular formula is C10H13N5O6P+. The average molecular weight is 330 g/mol. The maximum Gasteiger partial charge on any atom is 0.569 e. The summed E-state index contributed by atoms with van der Waals surface area (Å²) >= 11 is 0. The van der Waals surface area contributed by atoms with E-state index in [4.69, 9.17) is 10.5 Å². The standard InChI is InChI=1S/C10H12N5O6P/c11-8-5-9(13-2-12-8)15(3-14-5)10(22(19)20)7(18)6(17)4(1-16)21-10/h2-4,6-7,16-18H,1H2,(H2-,11,12,13,19,20)/p+1/t4-,6-,7-,10+/m1/s1. The molecule has 11 nitrogen and oxygen atoms in total. The van der Waals surface area contributed by atoms with E-state index in [0.717, 1.165) is 17.2 Å². The summed E-state index contributed by atoms with van der Waals surface area (Å²) in [7, 11) is -3.19. The van der Waals surface area contributed by atoms with Gasteiger partial charge in [-0.05, 0) is 4.57 Å². The van der Waals surface area contributed by atoms with E-state index in [1.165, 1.54) is 0 Å². The number of ether oxygens (including phenoxy) is 1. The predicted octanol–water partition coefficient (Wildman–Crippen LogP) is -2.13. The Hall–Kier alpha value is -1.75. The Bertz CT molecular complexity index is 740. The average Bonchev–Trinajstić information content (AvgIpc) is 3.02. The van der Waals surface area contributed by atoms with Gasteiger partial charge in [-0.25, -0.2) is 19.5 Å². The van der Waals surface area contributed by atoms with Crippen molar-refractivity contribution in [1.82, 2.24) is 19.5 Å². The SMILES string of the molecule is Nc1ncnc2c1ncn2[C@]1([P+](=O)O)O[C@H](CO)[C@@H](O)[C@H]1O. The van der Waals surface area contributed by atoms with Crippen LogP contribution in [0.1, 0.15) is 0 Å². The second-order valence-electron chi connectivity index (χ2n) is 4.75. The lowest BCUT2D eigenvalue weighted by molar-refractivity contribution is -0.0882. The van der Waals surface area contributed by atoms with E-state index in [9.17, 15) is 24.8 Å². The van der Waals surface area contributed by atoms with Crippen LogP contribution < -0.4 is 5.73 Å². The molecule has 0 saturated carbocycles. The molecular weight excluding hydrogens is 317 g/mol. The van der Waals surface area contributed by atoms with Crippen LogP contribution in [0.5, 0.6) is 0 Å². The molecule has 2 aromatic rings. The van der Waals surface area contributed by atoms with Gasteiger partial charge in [0.2, 0.25) is 0 Å². The quantitative estimate of drug-likeness (QED) is 0.390. The van der Waals surface area contributed by atoms with Gasteiger partial charge in [-0.15, -0.1) is 0 Å². The Labute approximate surface area is 123 Å². The third-order valence-corrected chi connectivity index (χ3v) is 4.71. The molecule has 0 bridgehead atoms. The molecule has 3 rings (SSSR count). The summed E-state index contributed by atoms with van der Waals surface area (Å²) in [4.78, 5) is 21.3. The van der Waals surface area contributed by atoms with E-state index < -0.39 is 38.4 Å². The van der Waals surface area contributed by atoms with Gasteiger partial charge in [0.05, 0.1) is 6.61 Å². The van der Waals surface area contributed by atoms with Crippen LogP contribution in [0, 0.1) is 0 Å². The highest BCUT2D eigenvalue weighted by molar-refractivity contribution is 7.39. The maximum absolute atomic E-state index is 11.9. The molecule has 0 amide bonds. The highest BCUT2D eigenvalue weighted by Crippen LogP contribution is 2.51. The van der Waals surface area contributed by atoms with E-state index >= 15 is 0 Å². The molecule has 0 radical (unpaired) electrons. The third-order valence-electron chi connectivity index (χ3n) is 3.58. The fourth-order valence-electron chi connectivity index (χ4n) is 2.47. The highest BCUT2D eigenvalue weighted by Gasteiger charge is 2.69. The Kier molecular flexibility index (Phi) is 3.56. The molecule has 0 aliphatic carbocycles. The van der Waals surface area contributed by atoms with Gasteiger partial charge in [0.1, 0.15) is 30.4 Å². The number of aliphatic hydroxyl groups is 3. The van der Waals surface area contributed by atoms with Gasteiger partial charge in [0, 0.05) is 0 Å². The fraction of sp³-hybridized carbons (Fsp3) is 0.500. The fourth-order valence-corrected chi connectivity index (χ4v) is 3.41. The molecule has 22 heavy (non-hydrogen) atoms. The lowest BCUT2D eigenvalue weighted by Gasteiger charge is -2.20. The number of aliphatic hydroxyl groups excluding tert-OH is 3. The minimum Gasteiger partial charge on any atom is -0.394 e. The van der Waals surface area contributed by atoms with Crippen LogP contribution >= 0.6 is 8.03 Å². The summed E-state index contributed by atoms with van der Waals surface area (Å²) in [6.45, 7) is -0.646. The molecule has 1 aliphatic heterocycles. The summed E-state index contributed by atoms with van der Waals surface area (Å²) in [5.41, 5.74) is 3.61. The first-order valence-corrected chi connectivity index (χ1v) is 7.39. The molecule has 0 spiro atoms. The van der Waals surface area contributed by atoms with Gasteiger partial charge < -0.3 is 25.8 Å². The van der Waals surface area contributed by atoms with Crippen LogP contribution in [0.4, 0.5) is 5.82 Å². The minimum absolute atomic E-state index is 0.0406. The van der Waals surface area contributed by atoms with Crippen LogP contribution in [0.3, 0.4) is 0 Å². The van der Waals surface area contributed by atoms with Crippen molar-refractivity contribution >= 4 is 25.0 Å². The Morgan fingerprint density at radius 1 is 1.41 bits per heavy atom. The normalized spacial score (nSPS) is 32.5. The number of nitrogens with zero attached hydrogens (tertiary/aromatic N) is 4. The van der Waals surface area contributed by atoms with Crippen molar-refractivity contribution in [3.05, 3.63) is 12.7 Å². The van der Waals surface area contributed by atoms with Gasteiger partial charge in [-0.2, -0.15) is 4.89 Å². The second-order valence-corrected chi connectivity index (χ2v) is 5.94. The molecule has 3 heterocycles. The van der Waals surface area contributed by atoms with Gasteiger partial charge in [-0.1, -0.05) is 0 Å². The molecule has 6 N–H and O–H groups in total. The molecule has 0 aromatic carbocycles. The van der Waals surface area contributed by atoms with Crippen LogP contribution in [-0.2, 0) is 14.8 Å². The predicted molar refractivity (Wildman–Crippen MR) is 71.5 cm³/mol. The first-order chi connectivity index (χ1) is 10.4. The van der Waals surface area contributed by atoms with Crippen LogP contribution in [0.25, 0.3) is 11.2 Å². The largest absolute Gasteiger partial charge is 0.569 e. The lowest BCUT2D eigenvalue weighted by atomic mass is 10.1. The van der Waals surface area contributed by atoms with Crippen LogP contribution in [-0.4, -0.2) is 64.7 Å². The third kappa shape index (κ3) is 1.85. The summed E-state index contributed by atoms with van der Waals surface area (Å²) in [6, 6.07) is 0. The van der Waals surface area contributed by atoms with Crippen molar-refractivity contribution in [3.8, 4) is 0 Å². The Morgan fingerprint density at radius 2 is 2.14 bits per heavy atom. The number of nitrogens with two attached hydrogens (primary N) is 1. The molecule has 2 aromatic heterocycles. The topological polar surface area (TPSA) is 177 Å². The zero-order valence-electron chi connectivity index (χ0n) is 11.0. The maximum atomic E-state index is 11.9. The lowest BCUT2D eigenvalue weighted by Crippen LogP contribution is -2.42. The molecule has 1 aliphatic rings. The number of nitrogen functional groups attached to an aromatic ring is 1. The highest BCUT2D eigenvalue weighted by atomic mass is 31.1. The number of fused-ring (bicyclic) bond motifs is 1. The van der Waals surface area contributed by atoms with Crippen LogP contribution in [0.2, 0.25) is 0 Å². The number of anilines is 1. The Morgan fingerprint density at radius 3 is 2.73 bits per heavy atom. The zero-order chi connectivity index (χ0) is 16.1. The van der Waals surface area contributed by atoms with Crippen molar-refractivity contribution in [2.45, 2.75) is 23.8 Å². The van der Waals surface area contributed by atoms with Gasteiger partial charge in [0.15, 0.2) is 17.6 Å². The molecule has 1 unspecified atom stereocenters. The van der Waals surface area contributed by atoms with E-state index in [1.54, 1.807) is 0 Å². The second kappa shape index (κ2) is 5.16. The zero-order valence-corrected chi connectivity index (χ0v) is 11.9. The van der Waals surface area contributed by atoms with Gasteiger partial charge in [0.25, 0.3) is 0 Å². The smallest absolute Gasteiger partial charge is 0.394 e. The molecule has 1 fully saturated rings. The Balaban J connectivity index is 2.24. The number of hydrogen-bond acceptors (Lipinski definition) is 9. The van der Waals surface area contributed by atoms with Crippen molar-refractivity contribution in [1.29, 1.82) is 0 Å².